The summed E-state index contributed by atoms with van der Waals surface area (Å²) in [7, 11) is 3.66. The van der Waals surface area contributed by atoms with Crippen LogP contribution in [0.25, 0.3) is 0 Å². The summed E-state index contributed by atoms with van der Waals surface area (Å²) < 4.78 is 10.7. The number of hydrogen-bond donors (Lipinski definition) is 1. The zero-order valence-corrected chi connectivity index (χ0v) is 14.0. The summed E-state index contributed by atoms with van der Waals surface area (Å²) in [4.78, 5) is 2.13. The van der Waals surface area contributed by atoms with Crippen LogP contribution in [-0.2, 0) is 6.54 Å². The molecule has 0 aliphatic rings. The van der Waals surface area contributed by atoms with E-state index in [-0.39, 0.29) is 12.6 Å². The molecule has 2 rings (SSSR count). The Bertz CT molecular complexity index is 598. The highest BCUT2D eigenvalue weighted by atomic mass is 16.5. The van der Waals surface area contributed by atoms with Gasteiger partial charge in [0.05, 0.1) is 26.4 Å². The molecule has 2 aromatic carbocycles. The van der Waals surface area contributed by atoms with Gasteiger partial charge in [0.15, 0.2) is 0 Å². The molecule has 0 fully saturated rings. The lowest BCUT2D eigenvalue weighted by atomic mass is 10.1. The van der Waals surface area contributed by atoms with Crippen molar-refractivity contribution in [3.05, 3.63) is 59.7 Å². The molecular formula is C19H25NO3. The van der Waals surface area contributed by atoms with Crippen molar-refractivity contribution in [2.24, 2.45) is 0 Å². The number of rotatable bonds is 8. The molecule has 0 aromatic heterocycles. The maximum absolute atomic E-state index is 9.80. The molecule has 124 valence electrons. The number of hydrogen-bond acceptors (Lipinski definition) is 4. The highest BCUT2D eigenvalue weighted by molar-refractivity contribution is 5.30. The number of benzene rings is 2. The molecule has 0 amide bonds. The third-order valence-electron chi connectivity index (χ3n) is 3.85. The largest absolute Gasteiger partial charge is 0.497 e. The molecule has 1 atom stereocenters. The molecule has 0 spiro atoms. The van der Waals surface area contributed by atoms with Crippen molar-refractivity contribution < 1.29 is 14.6 Å². The van der Waals surface area contributed by atoms with Crippen molar-refractivity contribution in [2.45, 2.75) is 19.5 Å². The standard InChI is InChI=1S/C19H25NO3/c1-4-23-18-7-5-6-15(12-18)13-20(2)19(14-21)16-8-10-17(22-3)11-9-16/h5-12,19,21H,4,13-14H2,1-3H3. The van der Waals surface area contributed by atoms with Crippen LogP contribution in [0.15, 0.2) is 48.5 Å². The average Bonchev–Trinajstić information content (AvgIpc) is 2.57. The predicted octanol–water partition coefficient (Wildman–Crippen LogP) is 3.26. The van der Waals surface area contributed by atoms with Crippen LogP contribution in [0.3, 0.4) is 0 Å². The summed E-state index contributed by atoms with van der Waals surface area (Å²) in [6, 6.07) is 15.8. The summed E-state index contributed by atoms with van der Waals surface area (Å²) >= 11 is 0. The second-order valence-electron chi connectivity index (χ2n) is 5.47. The van der Waals surface area contributed by atoms with E-state index in [0.29, 0.717) is 6.61 Å². The Morgan fingerprint density at radius 3 is 2.43 bits per heavy atom. The number of aliphatic hydroxyl groups excluding tert-OH is 1. The van der Waals surface area contributed by atoms with Crippen LogP contribution in [0, 0.1) is 0 Å². The first-order valence-electron chi connectivity index (χ1n) is 7.84. The third kappa shape index (κ3) is 4.71. The molecule has 4 heteroatoms. The Balaban J connectivity index is 2.09. The minimum atomic E-state index is -0.0587. The lowest BCUT2D eigenvalue weighted by Crippen LogP contribution is -2.26. The fourth-order valence-corrected chi connectivity index (χ4v) is 2.62. The van der Waals surface area contributed by atoms with Gasteiger partial charge in [-0.25, -0.2) is 0 Å². The molecular weight excluding hydrogens is 290 g/mol. The van der Waals surface area contributed by atoms with Gasteiger partial charge in [0.2, 0.25) is 0 Å². The SMILES string of the molecule is CCOc1cccc(CN(C)C(CO)c2ccc(OC)cc2)c1. The molecule has 0 radical (unpaired) electrons. The summed E-state index contributed by atoms with van der Waals surface area (Å²) in [6.07, 6.45) is 0. The minimum absolute atomic E-state index is 0.0587. The van der Waals surface area contributed by atoms with Gasteiger partial charge in [0.25, 0.3) is 0 Å². The number of ether oxygens (including phenoxy) is 2. The van der Waals surface area contributed by atoms with E-state index in [0.717, 1.165) is 29.2 Å². The summed E-state index contributed by atoms with van der Waals surface area (Å²) in [5.41, 5.74) is 2.22. The second kappa shape index (κ2) is 8.56. The van der Waals surface area contributed by atoms with Crippen LogP contribution in [0.4, 0.5) is 0 Å². The normalized spacial score (nSPS) is 12.2. The van der Waals surface area contributed by atoms with Gasteiger partial charge in [-0.2, -0.15) is 0 Å². The van der Waals surface area contributed by atoms with Crippen molar-refractivity contribution in [3.63, 3.8) is 0 Å². The quantitative estimate of drug-likeness (QED) is 0.812. The molecule has 0 aliphatic carbocycles. The Morgan fingerprint density at radius 2 is 1.83 bits per heavy atom. The molecule has 0 saturated heterocycles. The second-order valence-corrected chi connectivity index (χ2v) is 5.47. The van der Waals surface area contributed by atoms with Crippen LogP contribution in [0.5, 0.6) is 11.5 Å². The van der Waals surface area contributed by atoms with Crippen molar-refractivity contribution >= 4 is 0 Å². The maximum Gasteiger partial charge on any atom is 0.119 e. The average molecular weight is 315 g/mol. The van der Waals surface area contributed by atoms with Gasteiger partial charge < -0.3 is 14.6 Å². The van der Waals surface area contributed by atoms with E-state index in [9.17, 15) is 5.11 Å². The van der Waals surface area contributed by atoms with Gasteiger partial charge in [0.1, 0.15) is 11.5 Å². The highest BCUT2D eigenvalue weighted by Gasteiger charge is 2.16. The number of methoxy groups -OCH3 is 1. The van der Waals surface area contributed by atoms with E-state index >= 15 is 0 Å². The smallest absolute Gasteiger partial charge is 0.119 e. The summed E-state index contributed by atoms with van der Waals surface area (Å²) in [5, 5.41) is 9.80. The first-order valence-corrected chi connectivity index (χ1v) is 7.84. The lowest BCUT2D eigenvalue weighted by molar-refractivity contribution is 0.142. The van der Waals surface area contributed by atoms with Gasteiger partial charge >= 0.3 is 0 Å². The summed E-state index contributed by atoms with van der Waals surface area (Å²) in [6.45, 7) is 3.43. The molecule has 0 saturated carbocycles. The predicted molar refractivity (Wildman–Crippen MR) is 91.9 cm³/mol. The van der Waals surface area contributed by atoms with E-state index in [1.54, 1.807) is 7.11 Å². The van der Waals surface area contributed by atoms with Crippen molar-refractivity contribution in [1.29, 1.82) is 0 Å². The molecule has 0 heterocycles. The molecule has 4 nitrogen and oxygen atoms in total. The lowest BCUT2D eigenvalue weighted by Gasteiger charge is -2.27. The fraction of sp³-hybridized carbons (Fsp3) is 0.368. The Kier molecular flexibility index (Phi) is 6.44. The van der Waals surface area contributed by atoms with Gasteiger partial charge in [-0.1, -0.05) is 24.3 Å². The van der Waals surface area contributed by atoms with Gasteiger partial charge in [-0.15, -0.1) is 0 Å². The third-order valence-corrected chi connectivity index (χ3v) is 3.85. The Morgan fingerprint density at radius 1 is 1.09 bits per heavy atom. The molecule has 0 aliphatic heterocycles. The molecule has 1 N–H and O–H groups in total. The van der Waals surface area contributed by atoms with E-state index in [1.807, 2.05) is 56.4 Å². The Labute approximate surface area is 138 Å². The summed E-state index contributed by atoms with van der Waals surface area (Å²) in [5.74, 6) is 1.70. The number of likely N-dealkylation sites (N-methyl/N-ethyl adjacent to an activating group) is 1. The molecule has 0 bridgehead atoms. The number of aliphatic hydroxyl groups is 1. The van der Waals surface area contributed by atoms with Crippen LogP contribution < -0.4 is 9.47 Å². The van der Waals surface area contributed by atoms with E-state index < -0.39 is 0 Å². The monoisotopic (exact) mass is 315 g/mol. The Hall–Kier alpha value is -2.04. The zero-order chi connectivity index (χ0) is 16.7. The molecule has 23 heavy (non-hydrogen) atoms. The van der Waals surface area contributed by atoms with Gasteiger partial charge in [-0.3, -0.25) is 4.90 Å². The number of nitrogens with zero attached hydrogens (tertiary/aromatic N) is 1. The van der Waals surface area contributed by atoms with E-state index in [2.05, 4.69) is 11.0 Å². The molecule has 1 unspecified atom stereocenters. The van der Waals surface area contributed by atoms with Gasteiger partial charge in [0, 0.05) is 6.54 Å². The van der Waals surface area contributed by atoms with E-state index in [4.69, 9.17) is 9.47 Å². The van der Waals surface area contributed by atoms with Crippen molar-refractivity contribution in [1.82, 2.24) is 4.90 Å². The minimum Gasteiger partial charge on any atom is -0.497 e. The fourth-order valence-electron chi connectivity index (χ4n) is 2.62. The zero-order valence-electron chi connectivity index (χ0n) is 14.0. The molecule has 2 aromatic rings. The van der Waals surface area contributed by atoms with Gasteiger partial charge in [-0.05, 0) is 49.4 Å². The van der Waals surface area contributed by atoms with Crippen molar-refractivity contribution in [3.8, 4) is 11.5 Å². The maximum atomic E-state index is 9.80. The van der Waals surface area contributed by atoms with Crippen molar-refractivity contribution in [2.75, 3.05) is 27.4 Å². The van der Waals surface area contributed by atoms with E-state index in [1.165, 1.54) is 0 Å². The van der Waals surface area contributed by atoms with Crippen LogP contribution in [0.2, 0.25) is 0 Å². The van der Waals surface area contributed by atoms with Crippen LogP contribution in [-0.4, -0.2) is 37.4 Å². The highest BCUT2D eigenvalue weighted by Crippen LogP contribution is 2.24. The first kappa shape index (κ1) is 17.3. The topological polar surface area (TPSA) is 41.9 Å². The first-order chi connectivity index (χ1) is 11.2. The van der Waals surface area contributed by atoms with Crippen LogP contribution >= 0.6 is 0 Å². The van der Waals surface area contributed by atoms with Crippen LogP contribution in [0.1, 0.15) is 24.1 Å².